The molecule has 1 aliphatic heterocycles. The van der Waals surface area contributed by atoms with Crippen LogP contribution in [0, 0.1) is 0 Å². The molecule has 7 nitrogen and oxygen atoms in total. The number of hydrogen-bond acceptors (Lipinski definition) is 7. The molecule has 1 aliphatic rings. The lowest BCUT2D eigenvalue weighted by molar-refractivity contribution is 0.0391. The van der Waals surface area contributed by atoms with Gasteiger partial charge in [0, 0.05) is 37.8 Å². The van der Waals surface area contributed by atoms with Crippen LogP contribution in [-0.4, -0.2) is 68.9 Å². The molecule has 0 aliphatic carbocycles. The van der Waals surface area contributed by atoms with Crippen LogP contribution in [0.1, 0.15) is 30.1 Å². The van der Waals surface area contributed by atoms with Crippen molar-refractivity contribution in [2.45, 2.75) is 19.8 Å². The molecule has 0 spiro atoms. The molecule has 176 valence electrons. The van der Waals surface area contributed by atoms with Crippen molar-refractivity contribution in [1.29, 1.82) is 0 Å². The number of fused-ring (bicyclic) bond motifs is 1. The predicted octanol–water partition coefficient (Wildman–Crippen LogP) is 4.46. The van der Waals surface area contributed by atoms with Crippen molar-refractivity contribution < 1.29 is 19.0 Å². The quantitative estimate of drug-likeness (QED) is 0.409. The average molecular weight is 470 g/mol. The Bertz CT molecular complexity index is 1050. The molecule has 0 atom stereocenters. The zero-order valence-electron chi connectivity index (χ0n) is 19.3. The van der Waals surface area contributed by atoms with Crippen molar-refractivity contribution in [3.05, 3.63) is 48.0 Å². The number of hydrogen-bond donors (Lipinski definition) is 0. The van der Waals surface area contributed by atoms with Crippen LogP contribution in [0.3, 0.4) is 0 Å². The summed E-state index contributed by atoms with van der Waals surface area (Å²) in [5, 5.41) is 0.694. The van der Waals surface area contributed by atoms with E-state index in [4.69, 9.17) is 19.2 Å². The molecule has 0 saturated carbocycles. The van der Waals surface area contributed by atoms with Gasteiger partial charge in [0.15, 0.2) is 5.13 Å². The first-order valence-electron chi connectivity index (χ1n) is 11.5. The summed E-state index contributed by atoms with van der Waals surface area (Å²) in [4.78, 5) is 22.5. The van der Waals surface area contributed by atoms with E-state index in [2.05, 4.69) is 11.8 Å². The number of unbranched alkanes of at least 4 members (excludes halogenated alkanes) is 1. The van der Waals surface area contributed by atoms with Crippen molar-refractivity contribution >= 4 is 32.6 Å². The SMILES string of the molecule is CCCCOc1ccc(C(=O)N(CCN2CCOCC2)c2nc3cc(OC)ccc3s2)cc1. The lowest BCUT2D eigenvalue weighted by Crippen LogP contribution is -2.43. The smallest absolute Gasteiger partial charge is 0.260 e. The molecule has 1 fully saturated rings. The monoisotopic (exact) mass is 469 g/mol. The molecule has 1 amide bonds. The second-order valence-corrected chi connectivity index (χ2v) is 8.98. The fourth-order valence-electron chi connectivity index (χ4n) is 3.67. The largest absolute Gasteiger partial charge is 0.497 e. The Balaban J connectivity index is 1.55. The van der Waals surface area contributed by atoms with E-state index in [-0.39, 0.29) is 5.91 Å². The highest BCUT2D eigenvalue weighted by molar-refractivity contribution is 7.22. The summed E-state index contributed by atoms with van der Waals surface area (Å²) in [6.45, 7) is 7.37. The maximum atomic E-state index is 13.6. The molecule has 8 heteroatoms. The molecule has 0 bridgehead atoms. The third-order valence-electron chi connectivity index (χ3n) is 5.67. The van der Waals surface area contributed by atoms with Crippen molar-refractivity contribution in [2.75, 3.05) is 58.0 Å². The van der Waals surface area contributed by atoms with Crippen molar-refractivity contribution in [2.24, 2.45) is 0 Å². The minimum absolute atomic E-state index is 0.0608. The third-order valence-corrected chi connectivity index (χ3v) is 6.73. The highest BCUT2D eigenvalue weighted by Crippen LogP contribution is 2.32. The normalized spacial score (nSPS) is 14.4. The minimum atomic E-state index is -0.0608. The van der Waals surface area contributed by atoms with E-state index in [0.717, 1.165) is 67.4 Å². The molecule has 0 N–H and O–H groups in total. The van der Waals surface area contributed by atoms with E-state index >= 15 is 0 Å². The van der Waals surface area contributed by atoms with Crippen molar-refractivity contribution in [1.82, 2.24) is 9.88 Å². The van der Waals surface area contributed by atoms with Gasteiger partial charge in [-0.3, -0.25) is 14.6 Å². The summed E-state index contributed by atoms with van der Waals surface area (Å²) in [6, 6.07) is 13.2. The zero-order chi connectivity index (χ0) is 23.0. The van der Waals surface area contributed by atoms with Crippen LogP contribution in [0.5, 0.6) is 11.5 Å². The number of carbonyl (C=O) groups is 1. The summed E-state index contributed by atoms with van der Waals surface area (Å²) in [7, 11) is 1.64. The molecular formula is C25H31N3O4S. The fraction of sp³-hybridized carbons (Fsp3) is 0.440. The molecule has 2 heterocycles. The first kappa shape index (κ1) is 23.5. The molecule has 33 heavy (non-hydrogen) atoms. The van der Waals surface area contributed by atoms with Crippen LogP contribution in [0.2, 0.25) is 0 Å². The van der Waals surface area contributed by atoms with Gasteiger partial charge in [-0.15, -0.1) is 0 Å². The lowest BCUT2D eigenvalue weighted by atomic mass is 10.2. The number of methoxy groups -OCH3 is 1. The summed E-state index contributed by atoms with van der Waals surface area (Å²) in [6.07, 6.45) is 2.10. The molecule has 0 radical (unpaired) electrons. The Morgan fingerprint density at radius 2 is 1.91 bits per heavy atom. The number of morpholine rings is 1. The Morgan fingerprint density at radius 3 is 2.64 bits per heavy atom. The average Bonchev–Trinajstić information content (AvgIpc) is 3.28. The predicted molar refractivity (Wildman–Crippen MR) is 132 cm³/mol. The highest BCUT2D eigenvalue weighted by atomic mass is 32.1. The summed E-state index contributed by atoms with van der Waals surface area (Å²) in [5.41, 5.74) is 1.45. The molecule has 0 unspecified atom stereocenters. The second-order valence-electron chi connectivity index (χ2n) is 7.97. The van der Waals surface area contributed by atoms with Crippen LogP contribution in [0.25, 0.3) is 10.2 Å². The number of anilines is 1. The Labute approximate surface area is 198 Å². The van der Waals surface area contributed by atoms with Crippen LogP contribution in [0.4, 0.5) is 5.13 Å². The molecular weight excluding hydrogens is 438 g/mol. The van der Waals surface area contributed by atoms with Crippen molar-refractivity contribution in [3.63, 3.8) is 0 Å². The number of benzene rings is 2. The van der Waals surface area contributed by atoms with Crippen LogP contribution < -0.4 is 14.4 Å². The zero-order valence-corrected chi connectivity index (χ0v) is 20.1. The van der Waals surface area contributed by atoms with E-state index in [1.165, 1.54) is 11.3 Å². The van der Waals surface area contributed by atoms with Crippen LogP contribution in [0.15, 0.2) is 42.5 Å². The van der Waals surface area contributed by atoms with E-state index in [1.54, 1.807) is 12.0 Å². The van der Waals surface area contributed by atoms with Gasteiger partial charge in [0.25, 0.3) is 5.91 Å². The number of carbonyl (C=O) groups excluding carboxylic acids is 1. The second kappa shape index (κ2) is 11.4. The van der Waals surface area contributed by atoms with E-state index in [1.807, 2.05) is 42.5 Å². The van der Waals surface area contributed by atoms with Gasteiger partial charge in [0.1, 0.15) is 11.5 Å². The molecule has 2 aromatic carbocycles. The van der Waals surface area contributed by atoms with Gasteiger partial charge in [-0.05, 0) is 42.8 Å². The maximum absolute atomic E-state index is 13.6. The van der Waals surface area contributed by atoms with Gasteiger partial charge in [-0.1, -0.05) is 24.7 Å². The van der Waals surface area contributed by atoms with Gasteiger partial charge in [0.05, 0.1) is 37.1 Å². The van der Waals surface area contributed by atoms with Crippen LogP contribution >= 0.6 is 11.3 Å². The maximum Gasteiger partial charge on any atom is 0.260 e. The van der Waals surface area contributed by atoms with Crippen molar-refractivity contribution in [3.8, 4) is 11.5 Å². The minimum Gasteiger partial charge on any atom is -0.497 e. The Hall–Kier alpha value is -2.68. The van der Waals surface area contributed by atoms with E-state index in [0.29, 0.717) is 23.8 Å². The molecule has 4 rings (SSSR count). The van der Waals surface area contributed by atoms with Gasteiger partial charge in [-0.2, -0.15) is 0 Å². The number of aromatic nitrogens is 1. The first-order valence-corrected chi connectivity index (χ1v) is 12.3. The highest BCUT2D eigenvalue weighted by Gasteiger charge is 2.23. The number of rotatable bonds is 10. The van der Waals surface area contributed by atoms with Gasteiger partial charge in [0.2, 0.25) is 0 Å². The number of amides is 1. The topological polar surface area (TPSA) is 64.1 Å². The summed E-state index contributed by atoms with van der Waals surface area (Å²) < 4.78 is 17.6. The van der Waals surface area contributed by atoms with E-state index < -0.39 is 0 Å². The number of ether oxygens (including phenoxy) is 3. The fourth-order valence-corrected chi connectivity index (χ4v) is 4.64. The van der Waals surface area contributed by atoms with Gasteiger partial charge < -0.3 is 14.2 Å². The van der Waals surface area contributed by atoms with E-state index in [9.17, 15) is 4.79 Å². The first-order chi connectivity index (χ1) is 16.2. The van der Waals surface area contributed by atoms with Gasteiger partial charge >= 0.3 is 0 Å². The van der Waals surface area contributed by atoms with Gasteiger partial charge in [-0.25, -0.2) is 4.98 Å². The summed E-state index contributed by atoms with van der Waals surface area (Å²) >= 11 is 1.52. The standard InChI is InChI=1S/C25H31N3O4S/c1-3-4-15-32-20-7-5-19(6-8-20)24(29)28(12-11-27-13-16-31-17-14-27)25-26-22-18-21(30-2)9-10-23(22)33-25/h5-10,18H,3-4,11-17H2,1-2H3. The molecule has 1 saturated heterocycles. The van der Waals surface area contributed by atoms with Crippen LogP contribution in [-0.2, 0) is 4.74 Å². The lowest BCUT2D eigenvalue weighted by Gasteiger charge is -2.29. The third kappa shape index (κ3) is 6.01. The number of nitrogens with zero attached hydrogens (tertiary/aromatic N) is 3. The summed E-state index contributed by atoms with van der Waals surface area (Å²) in [5.74, 6) is 1.48. The molecule has 3 aromatic rings. The molecule has 1 aromatic heterocycles. The Morgan fingerprint density at radius 1 is 1.15 bits per heavy atom. The Kier molecular flexibility index (Phi) is 8.15. The number of thiazole rings is 1.